The van der Waals surface area contributed by atoms with Crippen LogP contribution >= 0.6 is 0 Å². The molecular weight excluding hydrogens is 256 g/mol. The molecule has 6 heteroatoms. The molecule has 2 N–H and O–H groups in total. The molecule has 6 nitrogen and oxygen atoms in total. The summed E-state index contributed by atoms with van der Waals surface area (Å²) in [6.07, 6.45) is 2.54. The highest BCUT2D eigenvalue weighted by Crippen LogP contribution is 2.14. The lowest BCUT2D eigenvalue weighted by atomic mass is 10.2. The topological polar surface area (TPSA) is 78.1 Å². The number of H-pyrrole nitrogens is 1. The number of carbonyl (C=O) groups is 2. The van der Waals surface area contributed by atoms with E-state index in [1.165, 1.54) is 0 Å². The maximum atomic E-state index is 12.5. The molecule has 3 rings (SSSR count). The summed E-state index contributed by atoms with van der Waals surface area (Å²) in [5, 5.41) is 2.80. The molecule has 1 fully saturated rings. The number of amides is 2. The first-order valence-corrected chi connectivity index (χ1v) is 6.69. The monoisotopic (exact) mass is 272 g/mol. The van der Waals surface area contributed by atoms with Crippen LogP contribution in [0.5, 0.6) is 0 Å². The van der Waals surface area contributed by atoms with Gasteiger partial charge in [-0.05, 0) is 31.5 Å². The predicted molar refractivity (Wildman–Crippen MR) is 74.2 cm³/mol. The molecule has 20 heavy (non-hydrogen) atoms. The lowest BCUT2D eigenvalue weighted by Crippen LogP contribution is -2.45. The Kier molecular flexibility index (Phi) is 3.14. The highest BCUT2D eigenvalue weighted by Gasteiger charge is 2.29. The number of nitrogens with one attached hydrogen (secondary N) is 2. The van der Waals surface area contributed by atoms with Crippen molar-refractivity contribution in [2.45, 2.75) is 19.4 Å². The molecule has 0 unspecified atom stereocenters. The molecule has 0 spiro atoms. The van der Waals surface area contributed by atoms with Crippen molar-refractivity contribution in [2.24, 2.45) is 0 Å². The molecule has 0 aliphatic carbocycles. The van der Waals surface area contributed by atoms with Gasteiger partial charge in [0, 0.05) is 19.3 Å². The average Bonchev–Trinajstić information content (AvgIpc) is 2.86. The lowest BCUT2D eigenvalue weighted by molar-refractivity contribution is -0.124. The van der Waals surface area contributed by atoms with E-state index in [-0.39, 0.29) is 11.8 Å². The van der Waals surface area contributed by atoms with Crippen LogP contribution < -0.4 is 5.32 Å². The van der Waals surface area contributed by atoms with E-state index < -0.39 is 6.04 Å². The highest BCUT2D eigenvalue weighted by molar-refractivity contribution is 5.97. The maximum absolute atomic E-state index is 12.5. The van der Waals surface area contributed by atoms with Gasteiger partial charge in [-0.3, -0.25) is 9.59 Å². The van der Waals surface area contributed by atoms with E-state index in [4.69, 9.17) is 0 Å². The fraction of sp³-hybridized carbons (Fsp3) is 0.357. The Bertz CT molecular complexity index is 664. The summed E-state index contributed by atoms with van der Waals surface area (Å²) in [7, 11) is 0. The second-order valence-electron chi connectivity index (χ2n) is 4.93. The zero-order chi connectivity index (χ0) is 14.1. The highest BCUT2D eigenvalue weighted by atomic mass is 16.2. The van der Waals surface area contributed by atoms with Gasteiger partial charge in [-0.25, -0.2) is 4.98 Å². The number of rotatable bonds is 1. The Morgan fingerprint density at radius 3 is 3.10 bits per heavy atom. The van der Waals surface area contributed by atoms with Crippen molar-refractivity contribution in [2.75, 3.05) is 13.1 Å². The van der Waals surface area contributed by atoms with Crippen molar-refractivity contribution < 1.29 is 9.59 Å². The van der Waals surface area contributed by atoms with Crippen LogP contribution in [0, 0.1) is 0 Å². The first-order valence-electron chi connectivity index (χ1n) is 6.69. The van der Waals surface area contributed by atoms with Crippen LogP contribution in [0.3, 0.4) is 0 Å². The van der Waals surface area contributed by atoms with Gasteiger partial charge in [-0.2, -0.15) is 0 Å². The molecule has 0 radical (unpaired) electrons. The molecular formula is C14H16N4O2. The van der Waals surface area contributed by atoms with Crippen molar-refractivity contribution in [3.05, 3.63) is 30.1 Å². The smallest absolute Gasteiger partial charge is 0.273 e. The van der Waals surface area contributed by atoms with Gasteiger partial charge in [0.15, 0.2) is 0 Å². The Morgan fingerprint density at radius 1 is 1.40 bits per heavy atom. The van der Waals surface area contributed by atoms with Gasteiger partial charge in [-0.1, -0.05) is 0 Å². The van der Waals surface area contributed by atoms with Gasteiger partial charge in [0.05, 0.1) is 11.0 Å². The normalized spacial score (nSPS) is 19.8. The molecule has 1 saturated heterocycles. The van der Waals surface area contributed by atoms with Crippen molar-refractivity contribution >= 4 is 22.8 Å². The summed E-state index contributed by atoms with van der Waals surface area (Å²) in [6, 6.07) is 4.88. The van der Waals surface area contributed by atoms with Crippen molar-refractivity contribution in [1.29, 1.82) is 0 Å². The number of carbonyl (C=O) groups excluding carboxylic acids is 2. The van der Waals surface area contributed by atoms with Gasteiger partial charge in [0.1, 0.15) is 11.7 Å². The fourth-order valence-corrected chi connectivity index (χ4v) is 2.42. The van der Waals surface area contributed by atoms with Gasteiger partial charge in [0.25, 0.3) is 5.91 Å². The molecule has 3 heterocycles. The molecule has 2 aromatic rings. The molecule has 1 aliphatic heterocycles. The minimum atomic E-state index is -0.464. The third-order valence-corrected chi connectivity index (χ3v) is 3.61. The van der Waals surface area contributed by atoms with E-state index in [0.717, 1.165) is 17.5 Å². The molecule has 0 bridgehead atoms. The molecule has 2 aromatic heterocycles. The molecule has 104 valence electrons. The van der Waals surface area contributed by atoms with Crippen LogP contribution in [0.15, 0.2) is 24.4 Å². The quantitative estimate of drug-likeness (QED) is 0.810. The van der Waals surface area contributed by atoms with Crippen LogP contribution in [0.25, 0.3) is 11.0 Å². The number of pyridine rings is 1. The number of aromatic amines is 1. The Hall–Kier alpha value is -2.37. The Morgan fingerprint density at radius 2 is 2.25 bits per heavy atom. The standard InChI is InChI=1S/C14H16N4O2/c1-9-13(19)16-6-2-8-18(9)14(20)12-4-3-10-11(17-12)5-7-15-10/h3-5,7,9,15H,2,6,8H2,1H3,(H,16,19)/t9-/m0/s1. The van der Waals surface area contributed by atoms with E-state index in [1.54, 1.807) is 24.1 Å². The average molecular weight is 272 g/mol. The number of nitrogens with zero attached hydrogens (tertiary/aromatic N) is 2. The second-order valence-corrected chi connectivity index (χ2v) is 4.93. The summed E-state index contributed by atoms with van der Waals surface area (Å²) in [5.74, 6) is -0.309. The van der Waals surface area contributed by atoms with Crippen LogP contribution in [0.2, 0.25) is 0 Å². The van der Waals surface area contributed by atoms with Gasteiger partial charge in [-0.15, -0.1) is 0 Å². The molecule has 0 saturated carbocycles. The fourth-order valence-electron chi connectivity index (χ4n) is 2.42. The molecule has 1 atom stereocenters. The van der Waals surface area contributed by atoms with Crippen molar-refractivity contribution in [3.63, 3.8) is 0 Å². The minimum Gasteiger partial charge on any atom is -0.360 e. The van der Waals surface area contributed by atoms with Gasteiger partial charge in [0.2, 0.25) is 5.91 Å². The Balaban J connectivity index is 1.91. The first kappa shape index (κ1) is 12.7. The van der Waals surface area contributed by atoms with E-state index >= 15 is 0 Å². The first-order chi connectivity index (χ1) is 9.66. The summed E-state index contributed by atoms with van der Waals surface area (Å²) >= 11 is 0. The van der Waals surface area contributed by atoms with Crippen LogP contribution in [0.4, 0.5) is 0 Å². The largest absolute Gasteiger partial charge is 0.360 e. The van der Waals surface area contributed by atoms with Crippen molar-refractivity contribution in [1.82, 2.24) is 20.2 Å². The summed E-state index contributed by atoms with van der Waals surface area (Å²) in [5.41, 5.74) is 2.02. The third kappa shape index (κ3) is 2.13. The van der Waals surface area contributed by atoms with Crippen LogP contribution in [0.1, 0.15) is 23.8 Å². The molecule has 2 amide bonds. The minimum absolute atomic E-state index is 0.112. The summed E-state index contributed by atoms with van der Waals surface area (Å²) in [6.45, 7) is 2.91. The van der Waals surface area contributed by atoms with Gasteiger partial charge < -0.3 is 15.2 Å². The summed E-state index contributed by atoms with van der Waals surface area (Å²) < 4.78 is 0. The van der Waals surface area contributed by atoms with Crippen molar-refractivity contribution in [3.8, 4) is 0 Å². The van der Waals surface area contributed by atoms with E-state index in [9.17, 15) is 9.59 Å². The third-order valence-electron chi connectivity index (χ3n) is 3.61. The van der Waals surface area contributed by atoms with Gasteiger partial charge >= 0.3 is 0 Å². The number of hydrogen-bond acceptors (Lipinski definition) is 3. The lowest BCUT2D eigenvalue weighted by Gasteiger charge is -2.25. The zero-order valence-corrected chi connectivity index (χ0v) is 11.2. The summed E-state index contributed by atoms with van der Waals surface area (Å²) in [4.78, 5) is 33.3. The number of fused-ring (bicyclic) bond motifs is 1. The van der Waals surface area contributed by atoms with E-state index in [0.29, 0.717) is 18.8 Å². The van der Waals surface area contributed by atoms with E-state index in [2.05, 4.69) is 15.3 Å². The van der Waals surface area contributed by atoms with E-state index in [1.807, 2.05) is 12.1 Å². The Labute approximate surface area is 116 Å². The SMILES string of the molecule is C[C@H]1C(=O)NCCCN1C(=O)c1ccc2[nH]ccc2n1. The predicted octanol–water partition coefficient (Wildman–Crippen LogP) is 0.913. The van der Waals surface area contributed by atoms with Crippen LogP contribution in [-0.2, 0) is 4.79 Å². The maximum Gasteiger partial charge on any atom is 0.273 e. The molecule has 0 aromatic carbocycles. The number of hydrogen-bond donors (Lipinski definition) is 2. The number of aromatic nitrogens is 2. The molecule has 1 aliphatic rings. The second kappa shape index (κ2) is 4.96. The zero-order valence-electron chi connectivity index (χ0n) is 11.2. The van der Waals surface area contributed by atoms with Crippen LogP contribution in [-0.4, -0.2) is 45.8 Å².